The van der Waals surface area contributed by atoms with Gasteiger partial charge in [-0.15, -0.1) is 5.01 Å². The van der Waals surface area contributed by atoms with Crippen molar-refractivity contribution in [3.8, 4) is 0 Å². The highest BCUT2D eigenvalue weighted by molar-refractivity contribution is 6.05. The first-order chi connectivity index (χ1) is 12.3. The highest BCUT2D eigenvalue weighted by atomic mass is 16.6. The Morgan fingerprint density at radius 3 is 2.12 bits per heavy atom. The van der Waals surface area contributed by atoms with Crippen molar-refractivity contribution >= 4 is 28.9 Å². The van der Waals surface area contributed by atoms with Crippen LogP contribution in [-0.2, 0) is 9.47 Å². The van der Waals surface area contributed by atoms with Crippen LogP contribution in [0.5, 0.6) is 0 Å². The zero-order valence-corrected chi connectivity index (χ0v) is 15.2. The Bertz CT molecular complexity index is 816. The first kappa shape index (κ1) is 19.2. The smallest absolute Gasteiger partial charge is 0.436 e. The van der Waals surface area contributed by atoms with Crippen molar-refractivity contribution in [1.82, 2.24) is 10.4 Å². The topological polar surface area (TPSA) is 84.9 Å². The molecule has 26 heavy (non-hydrogen) atoms. The number of hydrazine groups is 1. The van der Waals surface area contributed by atoms with Crippen molar-refractivity contribution in [1.29, 1.82) is 0 Å². The Kier molecular flexibility index (Phi) is 6.16. The average molecular weight is 358 g/mol. The lowest BCUT2D eigenvalue weighted by molar-refractivity contribution is 0.0383. The van der Waals surface area contributed by atoms with Crippen LogP contribution in [0.4, 0.5) is 9.59 Å². The van der Waals surface area contributed by atoms with Gasteiger partial charge in [-0.2, -0.15) is 0 Å². The van der Waals surface area contributed by atoms with E-state index in [1.54, 1.807) is 45.9 Å². The summed E-state index contributed by atoms with van der Waals surface area (Å²) >= 11 is 0. The van der Waals surface area contributed by atoms with Gasteiger partial charge >= 0.3 is 12.2 Å². The summed E-state index contributed by atoms with van der Waals surface area (Å²) in [5.41, 5.74) is 2.38. The van der Waals surface area contributed by atoms with Crippen molar-refractivity contribution in [2.45, 2.75) is 39.9 Å². The lowest BCUT2D eigenvalue weighted by Crippen LogP contribution is -2.51. The fourth-order valence-electron chi connectivity index (χ4n) is 2.22. The number of ether oxygens (including phenoxy) is 2. The third-order valence-electron chi connectivity index (χ3n) is 3.26. The number of carbonyl (C=O) groups is 3. The van der Waals surface area contributed by atoms with Crippen LogP contribution in [0.3, 0.4) is 0 Å². The molecule has 2 aromatic rings. The molecule has 0 aliphatic heterocycles. The highest BCUT2D eigenvalue weighted by Crippen LogP contribution is 2.17. The molecule has 0 saturated heterocycles. The van der Waals surface area contributed by atoms with E-state index in [0.717, 1.165) is 10.8 Å². The molecule has 0 aliphatic rings. The molecule has 0 heterocycles. The van der Waals surface area contributed by atoms with Gasteiger partial charge in [0.05, 0.1) is 12.2 Å². The third-order valence-corrected chi connectivity index (χ3v) is 3.26. The normalized spacial score (nSPS) is 10.7. The van der Waals surface area contributed by atoms with E-state index in [2.05, 4.69) is 5.43 Å². The van der Waals surface area contributed by atoms with Crippen LogP contribution in [-0.4, -0.2) is 35.3 Å². The SMILES string of the molecule is CC(C)OC(=O)NN(C(=O)OC(C)C)C(=O)c1ccc2ccccc2c1. The zero-order valence-electron chi connectivity index (χ0n) is 15.2. The molecule has 1 N–H and O–H groups in total. The molecule has 0 saturated carbocycles. The van der Waals surface area contributed by atoms with Gasteiger partial charge in [-0.1, -0.05) is 30.3 Å². The Morgan fingerprint density at radius 2 is 1.50 bits per heavy atom. The molecule has 138 valence electrons. The number of rotatable bonds is 3. The van der Waals surface area contributed by atoms with E-state index < -0.39 is 30.3 Å². The number of amides is 3. The third kappa shape index (κ3) is 4.95. The second-order valence-electron chi connectivity index (χ2n) is 6.20. The predicted molar refractivity (Wildman–Crippen MR) is 96.5 cm³/mol. The number of nitrogens with zero attached hydrogens (tertiary/aromatic N) is 1. The molecule has 0 atom stereocenters. The summed E-state index contributed by atoms with van der Waals surface area (Å²) in [6.45, 7) is 6.59. The van der Waals surface area contributed by atoms with E-state index in [0.29, 0.717) is 5.01 Å². The molecule has 2 rings (SSSR count). The van der Waals surface area contributed by atoms with E-state index in [9.17, 15) is 14.4 Å². The van der Waals surface area contributed by atoms with E-state index in [-0.39, 0.29) is 5.56 Å². The van der Waals surface area contributed by atoms with Gasteiger partial charge in [-0.3, -0.25) is 4.79 Å². The molecule has 0 radical (unpaired) electrons. The van der Waals surface area contributed by atoms with Crippen LogP contribution in [0.1, 0.15) is 38.1 Å². The number of fused-ring (bicyclic) bond motifs is 1. The van der Waals surface area contributed by atoms with Crippen LogP contribution in [0.2, 0.25) is 0 Å². The fraction of sp³-hybridized carbons (Fsp3) is 0.316. The number of hydrogen-bond donors (Lipinski definition) is 1. The molecule has 0 unspecified atom stereocenters. The van der Waals surface area contributed by atoms with Gasteiger partial charge in [0, 0.05) is 5.56 Å². The van der Waals surface area contributed by atoms with Crippen LogP contribution in [0.15, 0.2) is 42.5 Å². The maximum absolute atomic E-state index is 12.8. The van der Waals surface area contributed by atoms with Crippen LogP contribution in [0, 0.1) is 0 Å². The summed E-state index contributed by atoms with van der Waals surface area (Å²) in [4.78, 5) is 36.9. The van der Waals surface area contributed by atoms with E-state index in [1.165, 1.54) is 0 Å². The standard InChI is InChI=1S/C19H22N2O5/c1-12(2)25-18(23)20-21(19(24)26-13(3)4)17(22)16-10-9-14-7-5-6-8-15(14)11-16/h5-13H,1-4H3,(H,20,23). The molecule has 7 heteroatoms. The van der Waals surface area contributed by atoms with Gasteiger partial charge < -0.3 is 9.47 Å². The first-order valence-corrected chi connectivity index (χ1v) is 8.29. The molecule has 0 aliphatic carbocycles. The molecule has 0 spiro atoms. The van der Waals surface area contributed by atoms with Crippen molar-refractivity contribution in [2.75, 3.05) is 0 Å². The molecule has 0 fully saturated rings. The lowest BCUT2D eigenvalue weighted by Gasteiger charge is -2.22. The highest BCUT2D eigenvalue weighted by Gasteiger charge is 2.28. The zero-order chi connectivity index (χ0) is 19.3. The first-order valence-electron chi connectivity index (χ1n) is 8.29. The summed E-state index contributed by atoms with van der Waals surface area (Å²) in [5, 5.41) is 2.31. The summed E-state index contributed by atoms with van der Waals surface area (Å²) < 4.78 is 9.98. The van der Waals surface area contributed by atoms with E-state index >= 15 is 0 Å². The largest absolute Gasteiger partial charge is 0.446 e. The van der Waals surface area contributed by atoms with Gasteiger partial charge in [-0.05, 0) is 50.6 Å². The van der Waals surface area contributed by atoms with Crippen LogP contribution < -0.4 is 5.43 Å². The Morgan fingerprint density at radius 1 is 0.885 bits per heavy atom. The summed E-state index contributed by atoms with van der Waals surface area (Å²) in [7, 11) is 0. The van der Waals surface area contributed by atoms with Crippen molar-refractivity contribution in [2.24, 2.45) is 0 Å². The van der Waals surface area contributed by atoms with Gasteiger partial charge in [-0.25, -0.2) is 15.0 Å². The Hall–Kier alpha value is -3.09. The van der Waals surface area contributed by atoms with Gasteiger partial charge in [0.1, 0.15) is 0 Å². The van der Waals surface area contributed by atoms with Crippen molar-refractivity contribution < 1.29 is 23.9 Å². The molecule has 0 bridgehead atoms. The molecule has 0 aromatic heterocycles. The fourth-order valence-corrected chi connectivity index (χ4v) is 2.22. The number of carbonyl (C=O) groups excluding carboxylic acids is 3. The summed E-state index contributed by atoms with van der Waals surface area (Å²) in [5.74, 6) is -0.720. The minimum absolute atomic E-state index is 0.231. The van der Waals surface area contributed by atoms with Gasteiger partial charge in [0.2, 0.25) is 0 Å². The minimum atomic E-state index is -0.987. The molecule has 2 aromatic carbocycles. The Labute approximate surface area is 151 Å². The Balaban J connectivity index is 2.30. The average Bonchev–Trinajstić information content (AvgIpc) is 2.57. The van der Waals surface area contributed by atoms with Crippen LogP contribution in [0.25, 0.3) is 10.8 Å². The quantitative estimate of drug-likeness (QED) is 0.842. The minimum Gasteiger partial charge on any atom is -0.446 e. The molecular weight excluding hydrogens is 336 g/mol. The van der Waals surface area contributed by atoms with Crippen molar-refractivity contribution in [3.05, 3.63) is 48.0 Å². The number of nitrogens with one attached hydrogen (secondary N) is 1. The van der Waals surface area contributed by atoms with Gasteiger partial charge in [0.25, 0.3) is 5.91 Å². The van der Waals surface area contributed by atoms with Crippen LogP contribution >= 0.6 is 0 Å². The molecular formula is C19H22N2O5. The second-order valence-corrected chi connectivity index (χ2v) is 6.20. The lowest BCUT2D eigenvalue weighted by atomic mass is 10.1. The maximum Gasteiger partial charge on any atom is 0.436 e. The van der Waals surface area contributed by atoms with E-state index in [4.69, 9.17) is 9.47 Å². The monoisotopic (exact) mass is 358 g/mol. The number of imide groups is 1. The predicted octanol–water partition coefficient (Wildman–Crippen LogP) is 3.88. The summed E-state index contributed by atoms with van der Waals surface area (Å²) in [6.07, 6.45) is -2.78. The maximum atomic E-state index is 12.8. The molecule has 7 nitrogen and oxygen atoms in total. The van der Waals surface area contributed by atoms with Gasteiger partial charge in [0.15, 0.2) is 0 Å². The summed E-state index contributed by atoms with van der Waals surface area (Å²) in [6, 6.07) is 12.5. The number of hydrogen-bond acceptors (Lipinski definition) is 5. The molecule has 3 amide bonds. The van der Waals surface area contributed by atoms with Crippen molar-refractivity contribution in [3.63, 3.8) is 0 Å². The second kappa shape index (κ2) is 8.33. The van der Waals surface area contributed by atoms with E-state index in [1.807, 2.05) is 24.3 Å². The number of benzene rings is 2.